The molecule has 2 aromatic heterocycles. The fourth-order valence-corrected chi connectivity index (χ4v) is 1.05. The number of aromatic amines is 2. The van der Waals surface area contributed by atoms with Crippen molar-refractivity contribution in [3.63, 3.8) is 0 Å². The second-order valence-corrected chi connectivity index (χ2v) is 2.42. The van der Waals surface area contributed by atoms with Crippen molar-refractivity contribution in [2.75, 3.05) is 0 Å². The summed E-state index contributed by atoms with van der Waals surface area (Å²) in [7, 11) is 0. The first-order valence-corrected chi connectivity index (χ1v) is 3.34. The van der Waals surface area contributed by atoms with Gasteiger partial charge in [-0.25, -0.2) is 9.50 Å². The van der Waals surface area contributed by atoms with Crippen molar-refractivity contribution in [2.45, 2.75) is 0 Å². The lowest BCUT2D eigenvalue weighted by atomic mass is 10.8. The summed E-state index contributed by atoms with van der Waals surface area (Å²) in [4.78, 5) is 17.3. The van der Waals surface area contributed by atoms with E-state index in [1.54, 1.807) is 6.20 Å². The Morgan fingerprint density at radius 2 is 2.45 bits per heavy atom. The van der Waals surface area contributed by atoms with E-state index in [4.69, 9.17) is 12.2 Å². The summed E-state index contributed by atoms with van der Waals surface area (Å²) in [5, 5.41) is 2.72. The number of nitrogens with zero attached hydrogens (tertiary/aromatic N) is 2. The van der Waals surface area contributed by atoms with E-state index in [2.05, 4.69) is 15.1 Å². The van der Waals surface area contributed by atoms with Crippen molar-refractivity contribution in [3.05, 3.63) is 27.5 Å². The van der Waals surface area contributed by atoms with Crippen LogP contribution in [0.15, 0.2) is 17.2 Å². The molecule has 11 heavy (non-hydrogen) atoms. The molecular weight excluding hydrogens is 164 g/mol. The molecule has 0 radical (unpaired) electrons. The molecule has 0 fully saturated rings. The van der Waals surface area contributed by atoms with Crippen LogP contribution in [0.3, 0.4) is 0 Å². The van der Waals surface area contributed by atoms with Crippen LogP contribution in [-0.4, -0.2) is 19.6 Å². The van der Waals surface area contributed by atoms with Gasteiger partial charge in [0.1, 0.15) is 0 Å². The van der Waals surface area contributed by atoms with Gasteiger partial charge in [-0.15, -0.1) is 0 Å². The highest BCUT2D eigenvalue weighted by Crippen LogP contribution is 1.86. The van der Waals surface area contributed by atoms with E-state index in [1.807, 2.05) is 0 Å². The van der Waals surface area contributed by atoms with Crippen molar-refractivity contribution in [1.29, 1.82) is 0 Å². The summed E-state index contributed by atoms with van der Waals surface area (Å²) in [5.41, 5.74) is 0.0392. The van der Waals surface area contributed by atoms with Gasteiger partial charge in [0.25, 0.3) is 5.56 Å². The van der Waals surface area contributed by atoms with E-state index in [1.165, 1.54) is 10.7 Å². The normalized spacial score (nSPS) is 10.5. The molecule has 0 saturated carbocycles. The SMILES string of the molecule is O=c1[nH]c(=S)[nH]n2ccnc12. The number of nitrogens with one attached hydrogen (secondary N) is 2. The van der Waals surface area contributed by atoms with E-state index < -0.39 is 0 Å². The quantitative estimate of drug-likeness (QED) is 0.547. The van der Waals surface area contributed by atoms with Crippen molar-refractivity contribution in [2.24, 2.45) is 0 Å². The molecule has 0 saturated heterocycles. The molecule has 0 atom stereocenters. The number of hydrogen-bond donors (Lipinski definition) is 2. The molecule has 0 bridgehead atoms. The Labute approximate surface area is 65.7 Å². The first-order chi connectivity index (χ1) is 5.27. The largest absolute Gasteiger partial charge is 0.295 e. The predicted octanol–water partition coefficient (Wildman–Crippen LogP) is 0.0802. The van der Waals surface area contributed by atoms with Crippen molar-refractivity contribution in [3.8, 4) is 0 Å². The average Bonchev–Trinajstić information content (AvgIpc) is 2.34. The molecule has 2 N–H and O–H groups in total. The van der Waals surface area contributed by atoms with E-state index in [9.17, 15) is 4.79 Å². The van der Waals surface area contributed by atoms with E-state index in [0.717, 1.165) is 0 Å². The topological polar surface area (TPSA) is 66.0 Å². The summed E-state index contributed by atoms with van der Waals surface area (Å²) < 4.78 is 1.77. The molecule has 2 aromatic rings. The molecule has 0 spiro atoms. The fraction of sp³-hybridized carbons (Fsp3) is 0. The van der Waals surface area contributed by atoms with Crippen molar-refractivity contribution < 1.29 is 0 Å². The molecule has 2 rings (SSSR count). The maximum atomic E-state index is 11.0. The van der Waals surface area contributed by atoms with Crippen molar-refractivity contribution >= 4 is 17.9 Å². The highest BCUT2D eigenvalue weighted by molar-refractivity contribution is 7.71. The Morgan fingerprint density at radius 1 is 1.64 bits per heavy atom. The van der Waals surface area contributed by atoms with E-state index >= 15 is 0 Å². The van der Waals surface area contributed by atoms with Crippen LogP contribution in [0.5, 0.6) is 0 Å². The van der Waals surface area contributed by atoms with Gasteiger partial charge in [0.05, 0.1) is 0 Å². The van der Waals surface area contributed by atoms with Crippen LogP contribution in [0.25, 0.3) is 5.65 Å². The highest BCUT2D eigenvalue weighted by Gasteiger charge is 1.96. The highest BCUT2D eigenvalue weighted by atomic mass is 32.1. The number of fused-ring (bicyclic) bond motifs is 1. The second-order valence-electron chi connectivity index (χ2n) is 2.02. The zero-order valence-corrected chi connectivity index (χ0v) is 6.18. The number of hydrogen-bond acceptors (Lipinski definition) is 3. The first kappa shape index (κ1) is 6.29. The number of rotatable bonds is 0. The number of aromatic nitrogens is 4. The van der Waals surface area contributed by atoms with Gasteiger partial charge < -0.3 is 0 Å². The number of H-pyrrole nitrogens is 2. The molecule has 0 amide bonds. The van der Waals surface area contributed by atoms with Gasteiger partial charge in [-0.1, -0.05) is 0 Å². The molecule has 6 heteroatoms. The monoisotopic (exact) mass is 168 g/mol. The minimum atomic E-state index is -0.279. The van der Waals surface area contributed by atoms with Gasteiger partial charge in [0.15, 0.2) is 4.77 Å². The molecule has 56 valence electrons. The lowest BCUT2D eigenvalue weighted by molar-refractivity contribution is 0.867. The van der Waals surface area contributed by atoms with E-state index in [0.29, 0.717) is 10.4 Å². The standard InChI is InChI=1S/C5H4N4OS/c10-4-3-6-1-2-9(3)8-5(11)7-4/h1-2H,(H2,7,8,10,11). The third-order valence-corrected chi connectivity index (χ3v) is 1.49. The molecule has 5 nitrogen and oxygen atoms in total. The zero-order chi connectivity index (χ0) is 7.84. The minimum absolute atomic E-state index is 0.279. The molecule has 0 unspecified atom stereocenters. The Balaban J connectivity index is 3.15. The van der Waals surface area contributed by atoms with Crippen LogP contribution in [-0.2, 0) is 0 Å². The lowest BCUT2D eigenvalue weighted by Gasteiger charge is -1.89. The van der Waals surface area contributed by atoms with Crippen LogP contribution < -0.4 is 5.56 Å². The third-order valence-electron chi connectivity index (χ3n) is 1.29. The predicted molar refractivity (Wildman–Crippen MR) is 41.0 cm³/mol. The summed E-state index contributed by atoms with van der Waals surface area (Å²) in [6.45, 7) is 0. The van der Waals surface area contributed by atoms with Crippen LogP contribution in [0, 0.1) is 4.77 Å². The molecular formula is C5H4N4OS. The maximum absolute atomic E-state index is 11.0. The number of imidazole rings is 1. The Bertz CT molecular complexity index is 493. The van der Waals surface area contributed by atoms with Crippen LogP contribution in [0.1, 0.15) is 0 Å². The Morgan fingerprint density at radius 3 is 3.27 bits per heavy atom. The Hall–Kier alpha value is -1.43. The van der Waals surface area contributed by atoms with Gasteiger partial charge in [0, 0.05) is 12.4 Å². The maximum Gasteiger partial charge on any atom is 0.295 e. The lowest BCUT2D eigenvalue weighted by Crippen LogP contribution is -2.12. The van der Waals surface area contributed by atoms with Crippen LogP contribution in [0.2, 0.25) is 0 Å². The summed E-state index contributed by atoms with van der Waals surface area (Å²) in [5.74, 6) is 0. The third kappa shape index (κ3) is 0.874. The van der Waals surface area contributed by atoms with E-state index in [-0.39, 0.29) is 5.56 Å². The molecule has 0 aromatic carbocycles. The molecule has 0 aliphatic carbocycles. The van der Waals surface area contributed by atoms with Gasteiger partial charge in [-0.3, -0.25) is 14.9 Å². The molecule has 2 heterocycles. The van der Waals surface area contributed by atoms with Gasteiger partial charge >= 0.3 is 0 Å². The Kier molecular flexibility index (Phi) is 1.16. The second kappa shape index (κ2) is 2.03. The minimum Gasteiger partial charge on any atom is -0.295 e. The first-order valence-electron chi connectivity index (χ1n) is 2.93. The van der Waals surface area contributed by atoms with Crippen molar-refractivity contribution in [1.82, 2.24) is 19.6 Å². The smallest absolute Gasteiger partial charge is 0.295 e. The van der Waals surface area contributed by atoms with Gasteiger partial charge in [-0.2, -0.15) is 0 Å². The van der Waals surface area contributed by atoms with Crippen LogP contribution >= 0.6 is 12.2 Å². The van der Waals surface area contributed by atoms with Gasteiger partial charge in [0.2, 0.25) is 5.65 Å². The molecule has 0 aliphatic rings. The summed E-state index contributed by atoms with van der Waals surface area (Å²) in [6.07, 6.45) is 3.15. The summed E-state index contributed by atoms with van der Waals surface area (Å²) in [6, 6.07) is 0. The van der Waals surface area contributed by atoms with Gasteiger partial charge in [-0.05, 0) is 12.2 Å². The molecule has 0 aliphatic heterocycles. The summed E-state index contributed by atoms with van der Waals surface area (Å²) >= 11 is 4.73. The van der Waals surface area contributed by atoms with Crippen LogP contribution in [0.4, 0.5) is 0 Å². The zero-order valence-electron chi connectivity index (χ0n) is 5.37. The average molecular weight is 168 g/mol. The fourth-order valence-electron chi connectivity index (χ4n) is 0.858.